The normalized spacial score (nSPS) is 14.8. The molecule has 0 aliphatic heterocycles. The number of alkyl halides is 1. The minimum Gasteiger partial charge on any atom is -0.197 e. The van der Waals surface area contributed by atoms with Gasteiger partial charge in [0.25, 0.3) is 0 Å². The van der Waals surface area contributed by atoms with Crippen LogP contribution < -0.4 is 0 Å². The fraction of sp³-hybridized carbons (Fsp3) is 0.625. The Morgan fingerprint density at radius 3 is 2.60 bits per heavy atom. The van der Waals surface area contributed by atoms with Crippen LogP contribution in [0.4, 0.5) is 0 Å². The van der Waals surface area contributed by atoms with E-state index in [1.54, 1.807) is 6.92 Å². The number of halogens is 1. The lowest BCUT2D eigenvalue weighted by atomic mass is 9.89. The summed E-state index contributed by atoms with van der Waals surface area (Å²) in [6.45, 7) is 1.80. The van der Waals surface area contributed by atoms with Crippen LogP contribution in [0.3, 0.4) is 0 Å². The molecule has 0 aromatic heterocycles. The minimum absolute atomic E-state index is 0.537. The van der Waals surface area contributed by atoms with Gasteiger partial charge in [-0.2, -0.15) is 5.26 Å². The van der Waals surface area contributed by atoms with E-state index in [0.29, 0.717) is 0 Å². The lowest BCUT2D eigenvalue weighted by molar-refractivity contribution is 0.532. The Bertz CT molecular complexity index is 159. The van der Waals surface area contributed by atoms with Crippen molar-refractivity contribution in [3.8, 4) is 18.4 Å². The highest BCUT2D eigenvalue weighted by Crippen LogP contribution is 2.20. The Kier molecular flexibility index (Phi) is 4.47. The number of hydrogen-bond acceptors (Lipinski definition) is 1. The molecule has 0 rings (SSSR count). The van der Waals surface area contributed by atoms with Crippen molar-refractivity contribution in [3.05, 3.63) is 0 Å². The number of hydrogen-bond donors (Lipinski definition) is 0. The summed E-state index contributed by atoms with van der Waals surface area (Å²) in [5, 5.41) is 8.62. The van der Waals surface area contributed by atoms with Gasteiger partial charge in [-0.05, 0) is 24.2 Å². The Balaban J connectivity index is 3.88. The average molecular weight is 247 g/mol. The molecule has 0 aliphatic carbocycles. The molecule has 0 saturated carbocycles. The molecule has 0 heterocycles. The van der Waals surface area contributed by atoms with Crippen LogP contribution in [0.2, 0.25) is 0 Å². The van der Waals surface area contributed by atoms with Crippen molar-refractivity contribution >= 4 is 22.6 Å². The van der Waals surface area contributed by atoms with E-state index in [4.69, 9.17) is 11.7 Å². The van der Waals surface area contributed by atoms with Crippen molar-refractivity contribution in [2.75, 3.05) is 4.43 Å². The van der Waals surface area contributed by atoms with Gasteiger partial charge >= 0.3 is 0 Å². The smallest absolute Gasteiger partial charge is 0.115 e. The summed E-state index contributed by atoms with van der Waals surface area (Å²) in [5.41, 5.74) is -0.537. The molecule has 0 N–H and O–H groups in total. The molecule has 0 fully saturated rings. The molecule has 54 valence electrons. The fourth-order valence-electron chi connectivity index (χ4n) is 0.581. The van der Waals surface area contributed by atoms with E-state index >= 15 is 0 Å². The van der Waals surface area contributed by atoms with Gasteiger partial charge in [-0.1, -0.05) is 28.5 Å². The van der Waals surface area contributed by atoms with E-state index in [2.05, 4.69) is 34.6 Å². The van der Waals surface area contributed by atoms with Crippen LogP contribution in [0.15, 0.2) is 0 Å². The highest BCUT2D eigenvalue weighted by molar-refractivity contribution is 14.1. The van der Waals surface area contributed by atoms with Gasteiger partial charge in [-0.3, -0.25) is 0 Å². The van der Waals surface area contributed by atoms with Crippen LogP contribution in [0.25, 0.3) is 0 Å². The summed E-state index contributed by atoms with van der Waals surface area (Å²) in [7, 11) is 0. The van der Waals surface area contributed by atoms with Crippen LogP contribution in [0.5, 0.6) is 0 Å². The van der Waals surface area contributed by atoms with Gasteiger partial charge < -0.3 is 0 Å². The second-order valence-corrected chi connectivity index (χ2v) is 3.46. The molecule has 0 saturated heterocycles. The minimum atomic E-state index is -0.537. The molecule has 0 amide bonds. The van der Waals surface area contributed by atoms with Crippen LogP contribution in [-0.4, -0.2) is 4.43 Å². The predicted octanol–water partition coefficient (Wildman–Crippen LogP) is 2.36. The molecule has 2 heteroatoms. The third kappa shape index (κ3) is 3.08. The Labute approximate surface area is 75.9 Å². The number of nitriles is 1. The summed E-state index contributed by atoms with van der Waals surface area (Å²) in [4.78, 5) is 0. The molecular formula is C8H10IN. The largest absolute Gasteiger partial charge is 0.197 e. The van der Waals surface area contributed by atoms with Crippen LogP contribution in [-0.2, 0) is 0 Å². The first kappa shape index (κ1) is 9.78. The zero-order valence-electron chi connectivity index (χ0n) is 6.02. The Morgan fingerprint density at radius 2 is 2.30 bits per heavy atom. The average Bonchev–Trinajstić information content (AvgIpc) is 2.00. The summed E-state index contributed by atoms with van der Waals surface area (Å²) in [5.74, 6) is 2.50. The zero-order valence-corrected chi connectivity index (χ0v) is 8.18. The molecule has 1 nitrogen and oxygen atoms in total. The first-order chi connectivity index (χ1) is 4.68. The van der Waals surface area contributed by atoms with Crippen LogP contribution in [0.1, 0.15) is 19.8 Å². The van der Waals surface area contributed by atoms with E-state index in [0.717, 1.165) is 17.3 Å². The highest BCUT2D eigenvalue weighted by Gasteiger charge is 2.18. The number of nitrogens with zero attached hydrogens (tertiary/aromatic N) is 1. The Hall–Kier alpha value is -0.220. The maximum absolute atomic E-state index is 8.62. The molecule has 0 aliphatic rings. The second kappa shape index (κ2) is 4.57. The van der Waals surface area contributed by atoms with E-state index in [-0.39, 0.29) is 0 Å². The van der Waals surface area contributed by atoms with Gasteiger partial charge in [0, 0.05) is 0 Å². The van der Waals surface area contributed by atoms with Gasteiger partial charge in [0.2, 0.25) is 0 Å². The third-order valence-corrected chi connectivity index (χ3v) is 2.14. The van der Waals surface area contributed by atoms with Gasteiger partial charge in [0.05, 0.1) is 6.07 Å². The summed E-state index contributed by atoms with van der Waals surface area (Å²) in [6.07, 6.45) is 7.01. The molecule has 0 aromatic carbocycles. The molecule has 1 unspecified atom stereocenters. The highest BCUT2D eigenvalue weighted by atomic mass is 127. The SMILES string of the molecule is C#CC(C)(C#N)CCCI. The molecule has 1 atom stereocenters. The maximum atomic E-state index is 8.62. The summed E-state index contributed by atoms with van der Waals surface area (Å²) >= 11 is 2.28. The molecule has 0 aromatic rings. The topological polar surface area (TPSA) is 23.8 Å². The van der Waals surface area contributed by atoms with Gasteiger partial charge in [-0.25, -0.2) is 0 Å². The Morgan fingerprint density at radius 1 is 1.70 bits per heavy atom. The monoisotopic (exact) mass is 247 g/mol. The van der Waals surface area contributed by atoms with E-state index < -0.39 is 5.41 Å². The standard InChI is InChI=1S/C8H10IN/c1-3-8(2,7-10)5-4-6-9/h1H,4-6H2,2H3. The van der Waals surface area contributed by atoms with Crippen molar-refractivity contribution in [1.29, 1.82) is 5.26 Å². The van der Waals surface area contributed by atoms with Crippen molar-refractivity contribution in [1.82, 2.24) is 0 Å². The van der Waals surface area contributed by atoms with Gasteiger partial charge in [0.15, 0.2) is 0 Å². The molecule has 10 heavy (non-hydrogen) atoms. The third-order valence-electron chi connectivity index (χ3n) is 1.38. The van der Waals surface area contributed by atoms with E-state index in [9.17, 15) is 0 Å². The first-order valence-corrected chi connectivity index (χ1v) is 4.66. The fourth-order valence-corrected chi connectivity index (χ4v) is 0.962. The first-order valence-electron chi connectivity index (χ1n) is 3.13. The van der Waals surface area contributed by atoms with Crippen molar-refractivity contribution in [2.45, 2.75) is 19.8 Å². The molecule has 0 bridgehead atoms. The summed E-state index contributed by atoms with van der Waals surface area (Å²) in [6, 6.07) is 2.12. The van der Waals surface area contributed by atoms with Crippen molar-refractivity contribution < 1.29 is 0 Å². The van der Waals surface area contributed by atoms with Gasteiger partial charge in [-0.15, -0.1) is 6.42 Å². The number of terminal acetylenes is 1. The predicted molar refractivity (Wildman–Crippen MR) is 50.7 cm³/mol. The molecular weight excluding hydrogens is 237 g/mol. The van der Waals surface area contributed by atoms with Crippen molar-refractivity contribution in [2.24, 2.45) is 5.41 Å². The molecule has 0 radical (unpaired) electrons. The van der Waals surface area contributed by atoms with Crippen molar-refractivity contribution in [3.63, 3.8) is 0 Å². The molecule has 0 spiro atoms. The van der Waals surface area contributed by atoms with Crippen LogP contribution in [0, 0.1) is 29.1 Å². The second-order valence-electron chi connectivity index (χ2n) is 2.38. The zero-order chi connectivity index (χ0) is 8.04. The van der Waals surface area contributed by atoms with E-state index in [1.807, 2.05) is 0 Å². The van der Waals surface area contributed by atoms with Crippen LogP contribution >= 0.6 is 22.6 Å². The maximum Gasteiger partial charge on any atom is 0.115 e. The number of rotatable bonds is 3. The lowest BCUT2D eigenvalue weighted by Gasteiger charge is -2.11. The quantitative estimate of drug-likeness (QED) is 0.426. The summed E-state index contributed by atoms with van der Waals surface area (Å²) < 4.78 is 1.07. The van der Waals surface area contributed by atoms with Gasteiger partial charge in [0.1, 0.15) is 5.41 Å². The lowest BCUT2D eigenvalue weighted by Crippen LogP contribution is -2.10. The van der Waals surface area contributed by atoms with E-state index in [1.165, 1.54) is 0 Å².